The van der Waals surface area contributed by atoms with E-state index in [1.165, 1.54) is 7.11 Å². The third-order valence-corrected chi connectivity index (χ3v) is 5.33. The first-order valence-electron chi connectivity index (χ1n) is 8.89. The van der Waals surface area contributed by atoms with E-state index in [2.05, 4.69) is 0 Å². The highest BCUT2D eigenvalue weighted by molar-refractivity contribution is 5.72. The molecule has 9 nitrogen and oxygen atoms in total. The fraction of sp³-hybridized carbons (Fsp3) is 0.611. The van der Waals surface area contributed by atoms with Crippen molar-refractivity contribution in [3.63, 3.8) is 0 Å². The second-order valence-corrected chi connectivity index (χ2v) is 6.71. The average Bonchev–Trinajstić information content (AvgIpc) is 2.66. The normalized spacial score (nSPS) is 26.0. The van der Waals surface area contributed by atoms with Gasteiger partial charge in [-0.1, -0.05) is 19.1 Å². The first-order chi connectivity index (χ1) is 12.8. The highest BCUT2D eigenvalue weighted by Gasteiger charge is 2.55. The molecule has 0 aromatic heterocycles. The summed E-state index contributed by atoms with van der Waals surface area (Å²) in [4.78, 5) is 34.8. The molecular formula is C18H24N2O7. The monoisotopic (exact) mass is 380 g/mol. The van der Waals surface area contributed by atoms with Gasteiger partial charge in [0.15, 0.2) is 0 Å². The van der Waals surface area contributed by atoms with Crippen LogP contribution in [0.25, 0.3) is 0 Å². The number of hydrogen-bond acceptors (Lipinski definition) is 7. The van der Waals surface area contributed by atoms with Crippen LogP contribution < -0.4 is 4.74 Å². The molecule has 0 spiro atoms. The standard InChI is InChI=1S/C18H24N2O7/c1-4-27-18(21)11(2)14-9-10-15(19(22)23)16(17(14)20(24)25)12-5-7-13(26-3)8-6-12/h5-8,11,14-17H,4,9-10H2,1-3H3/t11-,14+,15-,16+,17+/m0/s1. The van der Waals surface area contributed by atoms with E-state index in [0.29, 0.717) is 11.3 Å². The zero-order valence-electron chi connectivity index (χ0n) is 15.6. The number of hydrogen-bond donors (Lipinski definition) is 0. The highest BCUT2D eigenvalue weighted by Crippen LogP contribution is 2.43. The van der Waals surface area contributed by atoms with E-state index in [4.69, 9.17) is 9.47 Å². The van der Waals surface area contributed by atoms with Gasteiger partial charge in [0.1, 0.15) is 11.7 Å². The summed E-state index contributed by atoms with van der Waals surface area (Å²) in [6, 6.07) is 4.16. The number of nitro groups is 2. The lowest BCUT2D eigenvalue weighted by Gasteiger charge is -2.36. The van der Waals surface area contributed by atoms with E-state index >= 15 is 0 Å². The molecule has 0 heterocycles. The molecule has 0 aliphatic heterocycles. The van der Waals surface area contributed by atoms with E-state index in [1.807, 2.05) is 0 Å². The third-order valence-electron chi connectivity index (χ3n) is 5.33. The topological polar surface area (TPSA) is 122 Å². The van der Waals surface area contributed by atoms with Crippen LogP contribution in [-0.2, 0) is 9.53 Å². The summed E-state index contributed by atoms with van der Waals surface area (Å²) in [6.07, 6.45) is 0.395. The molecule has 27 heavy (non-hydrogen) atoms. The zero-order valence-corrected chi connectivity index (χ0v) is 15.6. The van der Waals surface area contributed by atoms with Gasteiger partial charge >= 0.3 is 5.97 Å². The molecule has 0 N–H and O–H groups in total. The third kappa shape index (κ3) is 4.35. The van der Waals surface area contributed by atoms with Crippen LogP contribution in [0.2, 0.25) is 0 Å². The SMILES string of the molecule is CCOC(=O)[C@@H](C)[C@H]1CC[C@H]([N+](=O)[O-])[C@@H](c2ccc(OC)cc2)[C@@H]1[N+](=O)[O-]. The van der Waals surface area contributed by atoms with Crippen LogP contribution in [0.3, 0.4) is 0 Å². The Labute approximate surface area is 156 Å². The molecule has 148 valence electrons. The molecule has 0 radical (unpaired) electrons. The molecule has 5 atom stereocenters. The number of methoxy groups -OCH3 is 1. The smallest absolute Gasteiger partial charge is 0.309 e. The Bertz CT molecular complexity index is 691. The summed E-state index contributed by atoms with van der Waals surface area (Å²) in [5.74, 6) is -2.24. The van der Waals surface area contributed by atoms with Crippen molar-refractivity contribution >= 4 is 5.97 Å². The molecule has 0 unspecified atom stereocenters. The second-order valence-electron chi connectivity index (χ2n) is 6.71. The Morgan fingerprint density at radius 3 is 2.30 bits per heavy atom. The summed E-state index contributed by atoms with van der Waals surface area (Å²) in [5.41, 5.74) is 0.500. The zero-order chi connectivity index (χ0) is 20.1. The van der Waals surface area contributed by atoms with Crippen molar-refractivity contribution in [2.45, 2.75) is 44.7 Å². The largest absolute Gasteiger partial charge is 0.497 e. The van der Waals surface area contributed by atoms with Crippen molar-refractivity contribution in [2.75, 3.05) is 13.7 Å². The van der Waals surface area contributed by atoms with Crippen molar-refractivity contribution < 1.29 is 24.1 Å². The van der Waals surface area contributed by atoms with Crippen LogP contribution in [0.5, 0.6) is 5.75 Å². The Morgan fingerprint density at radius 1 is 1.19 bits per heavy atom. The molecule has 1 aromatic rings. The predicted octanol–water partition coefficient (Wildman–Crippen LogP) is 2.68. The van der Waals surface area contributed by atoms with Gasteiger partial charge in [-0.25, -0.2) is 0 Å². The Morgan fingerprint density at radius 2 is 1.81 bits per heavy atom. The Kier molecular flexibility index (Phi) is 6.70. The van der Waals surface area contributed by atoms with Gasteiger partial charge in [0.05, 0.1) is 19.6 Å². The molecule has 1 aliphatic carbocycles. The van der Waals surface area contributed by atoms with E-state index in [-0.39, 0.29) is 19.4 Å². The minimum atomic E-state index is -1.25. The average molecular weight is 380 g/mol. The summed E-state index contributed by atoms with van der Waals surface area (Å²) in [7, 11) is 1.49. The van der Waals surface area contributed by atoms with Gasteiger partial charge in [-0.2, -0.15) is 0 Å². The van der Waals surface area contributed by atoms with Crippen molar-refractivity contribution in [3.05, 3.63) is 50.1 Å². The molecule has 0 bridgehead atoms. The molecule has 2 rings (SSSR count). The molecule has 1 aliphatic rings. The molecule has 1 fully saturated rings. The lowest BCUT2D eigenvalue weighted by atomic mass is 9.67. The molecule has 9 heteroatoms. The maximum Gasteiger partial charge on any atom is 0.309 e. The Balaban J connectivity index is 2.45. The number of carbonyl (C=O) groups is 1. The van der Waals surface area contributed by atoms with Crippen molar-refractivity contribution in [1.82, 2.24) is 0 Å². The summed E-state index contributed by atoms with van der Waals surface area (Å²) < 4.78 is 10.1. The minimum Gasteiger partial charge on any atom is -0.497 e. The van der Waals surface area contributed by atoms with Crippen LogP contribution in [0.1, 0.15) is 38.2 Å². The van der Waals surface area contributed by atoms with Crippen molar-refractivity contribution in [3.8, 4) is 5.75 Å². The number of ether oxygens (including phenoxy) is 2. The molecule has 1 saturated carbocycles. The fourth-order valence-corrected chi connectivity index (χ4v) is 3.97. The fourth-order valence-electron chi connectivity index (χ4n) is 3.97. The first kappa shape index (κ1) is 20.6. The predicted molar refractivity (Wildman–Crippen MR) is 95.8 cm³/mol. The number of esters is 1. The van der Waals surface area contributed by atoms with Gasteiger partial charge in [0.2, 0.25) is 12.1 Å². The number of nitrogens with zero attached hydrogens (tertiary/aromatic N) is 2. The summed E-state index contributed by atoms with van der Waals surface area (Å²) >= 11 is 0. The van der Waals surface area contributed by atoms with Crippen molar-refractivity contribution in [2.24, 2.45) is 11.8 Å². The second kappa shape index (κ2) is 8.79. The quantitative estimate of drug-likeness (QED) is 0.405. The minimum absolute atomic E-state index is 0.169. The van der Waals surface area contributed by atoms with Crippen LogP contribution in [0.15, 0.2) is 24.3 Å². The van der Waals surface area contributed by atoms with Crippen molar-refractivity contribution in [1.29, 1.82) is 0 Å². The molecule has 1 aromatic carbocycles. The van der Waals surface area contributed by atoms with Crippen LogP contribution in [-0.4, -0.2) is 41.6 Å². The molecule has 0 saturated heterocycles. The van der Waals surface area contributed by atoms with Gasteiger partial charge in [-0.15, -0.1) is 0 Å². The summed E-state index contributed by atoms with van der Waals surface area (Å²) in [6.45, 7) is 3.44. The number of carbonyl (C=O) groups excluding carboxylic acids is 1. The molecular weight excluding hydrogens is 356 g/mol. The Hall–Kier alpha value is -2.71. The van der Waals surface area contributed by atoms with Gasteiger partial charge in [-0.3, -0.25) is 25.0 Å². The van der Waals surface area contributed by atoms with Gasteiger partial charge in [-0.05, 0) is 31.0 Å². The number of rotatable bonds is 7. The van der Waals surface area contributed by atoms with Gasteiger partial charge < -0.3 is 9.47 Å². The van der Waals surface area contributed by atoms with Gasteiger partial charge in [0.25, 0.3) is 0 Å². The lowest BCUT2D eigenvalue weighted by Crippen LogP contribution is -2.50. The van der Waals surface area contributed by atoms with Crippen LogP contribution in [0.4, 0.5) is 0 Å². The van der Waals surface area contributed by atoms with Crippen LogP contribution >= 0.6 is 0 Å². The van der Waals surface area contributed by atoms with E-state index < -0.39 is 45.7 Å². The number of benzene rings is 1. The van der Waals surface area contributed by atoms with E-state index in [1.54, 1.807) is 38.1 Å². The van der Waals surface area contributed by atoms with Crippen LogP contribution in [0, 0.1) is 32.1 Å². The first-order valence-corrected chi connectivity index (χ1v) is 8.89. The van der Waals surface area contributed by atoms with E-state index in [9.17, 15) is 25.0 Å². The van der Waals surface area contributed by atoms with Gasteiger partial charge in [0, 0.05) is 22.2 Å². The lowest BCUT2D eigenvalue weighted by molar-refractivity contribution is -0.581. The molecule has 0 amide bonds. The summed E-state index contributed by atoms with van der Waals surface area (Å²) in [5, 5.41) is 23.5. The highest BCUT2D eigenvalue weighted by atomic mass is 16.6. The van der Waals surface area contributed by atoms with E-state index in [0.717, 1.165) is 0 Å². The maximum atomic E-state index is 12.2. The maximum absolute atomic E-state index is 12.2.